The van der Waals surface area contributed by atoms with Crippen LogP contribution in [0.15, 0.2) is 32.7 Å². The second-order valence-electron chi connectivity index (χ2n) is 3.80. The van der Waals surface area contributed by atoms with E-state index in [9.17, 15) is 0 Å². The molecule has 0 radical (unpaired) electrons. The summed E-state index contributed by atoms with van der Waals surface area (Å²) < 4.78 is 8.00. The van der Waals surface area contributed by atoms with Crippen molar-refractivity contribution in [2.24, 2.45) is 7.05 Å². The van der Waals surface area contributed by atoms with Gasteiger partial charge in [0.05, 0.1) is 11.9 Å². The van der Waals surface area contributed by atoms with Gasteiger partial charge in [0.25, 0.3) is 11.8 Å². The largest absolute Gasteiger partial charge is 0.413 e. The van der Waals surface area contributed by atoms with Gasteiger partial charge < -0.3 is 4.42 Å². The number of aryl methyl sites for hydroxylation is 1. The maximum Gasteiger partial charge on any atom is 0.304 e. The third kappa shape index (κ3) is 2.24. The fourth-order valence-corrected chi connectivity index (χ4v) is 2.69. The lowest BCUT2D eigenvalue weighted by molar-refractivity contribution is -0.657. The topological polar surface area (TPSA) is 81.7 Å². The molecule has 96 valence electrons. The molecule has 0 saturated carbocycles. The van der Waals surface area contributed by atoms with Gasteiger partial charge in [-0.05, 0) is 27.4 Å². The minimum atomic E-state index is 0.304. The smallest absolute Gasteiger partial charge is 0.304 e. The second-order valence-corrected chi connectivity index (χ2v) is 5.56. The van der Waals surface area contributed by atoms with Crippen LogP contribution in [0.4, 0.5) is 5.82 Å². The van der Waals surface area contributed by atoms with Crippen LogP contribution in [0, 0.1) is 0 Å². The van der Waals surface area contributed by atoms with Crippen LogP contribution in [-0.4, -0.2) is 15.2 Å². The van der Waals surface area contributed by atoms with Gasteiger partial charge in [-0.25, -0.2) is 9.55 Å². The zero-order valence-electron chi connectivity index (χ0n) is 9.87. The van der Waals surface area contributed by atoms with E-state index in [2.05, 4.69) is 31.1 Å². The summed E-state index contributed by atoms with van der Waals surface area (Å²) in [4.78, 5) is 5.19. The Balaban J connectivity index is 2.09. The first-order valence-corrected chi connectivity index (χ1v) is 7.02. The molecule has 19 heavy (non-hydrogen) atoms. The van der Waals surface area contributed by atoms with E-state index in [0.29, 0.717) is 27.9 Å². The SMILES string of the molecule is C[n+]1cc(Br)nc(-c2nnc(-c3cccs3)o2)c1N. The molecule has 3 aromatic heterocycles. The summed E-state index contributed by atoms with van der Waals surface area (Å²) in [6.07, 6.45) is 1.76. The summed E-state index contributed by atoms with van der Waals surface area (Å²) in [5.74, 6) is 1.23. The van der Waals surface area contributed by atoms with Crippen molar-refractivity contribution < 1.29 is 8.98 Å². The molecule has 0 unspecified atom stereocenters. The van der Waals surface area contributed by atoms with Gasteiger partial charge in [-0.3, -0.25) is 5.73 Å². The fourth-order valence-electron chi connectivity index (χ4n) is 1.57. The summed E-state index contributed by atoms with van der Waals surface area (Å²) >= 11 is 4.85. The monoisotopic (exact) mass is 338 g/mol. The first-order chi connectivity index (χ1) is 9.15. The lowest BCUT2D eigenvalue weighted by atomic mass is 10.4. The number of hydrogen-bond donors (Lipinski definition) is 1. The Bertz CT molecular complexity index is 725. The van der Waals surface area contributed by atoms with Crippen molar-refractivity contribution in [2.45, 2.75) is 0 Å². The van der Waals surface area contributed by atoms with Crippen LogP contribution < -0.4 is 10.3 Å². The van der Waals surface area contributed by atoms with Gasteiger partial charge in [-0.15, -0.1) is 21.5 Å². The van der Waals surface area contributed by atoms with Gasteiger partial charge in [0, 0.05) is 0 Å². The van der Waals surface area contributed by atoms with Crippen LogP contribution in [0.5, 0.6) is 0 Å². The Kier molecular flexibility index (Phi) is 3.03. The molecule has 2 N–H and O–H groups in total. The van der Waals surface area contributed by atoms with Gasteiger partial charge in [0.1, 0.15) is 10.8 Å². The van der Waals surface area contributed by atoms with E-state index in [0.717, 1.165) is 4.88 Å². The molecule has 3 rings (SSSR count). The predicted octanol–water partition coefficient (Wildman–Crippen LogP) is 2.03. The van der Waals surface area contributed by atoms with Crippen molar-refractivity contribution in [2.75, 3.05) is 5.73 Å². The molecular weight excluding hydrogens is 330 g/mol. The Hall–Kier alpha value is -1.80. The summed E-state index contributed by atoms with van der Waals surface area (Å²) in [6.45, 7) is 0. The number of nitrogens with two attached hydrogens (primary N) is 1. The van der Waals surface area contributed by atoms with E-state index in [1.165, 1.54) is 11.3 Å². The van der Waals surface area contributed by atoms with Gasteiger partial charge in [-0.1, -0.05) is 6.07 Å². The van der Waals surface area contributed by atoms with Crippen molar-refractivity contribution in [3.8, 4) is 22.4 Å². The highest BCUT2D eigenvalue weighted by atomic mass is 79.9. The number of aromatic nitrogens is 4. The Morgan fingerprint density at radius 2 is 2.16 bits per heavy atom. The molecule has 0 aromatic carbocycles. The van der Waals surface area contributed by atoms with Gasteiger partial charge in [0.2, 0.25) is 5.69 Å². The van der Waals surface area contributed by atoms with Gasteiger partial charge >= 0.3 is 5.82 Å². The molecular formula is C11H9BrN5OS+. The Morgan fingerprint density at radius 1 is 1.37 bits per heavy atom. The molecule has 0 fully saturated rings. The molecule has 3 heterocycles. The number of hydrogen-bond acceptors (Lipinski definition) is 6. The standard InChI is InChI=1S/C11H8BrN5OS/c1-17-5-7(12)14-8(9(17)13)11-16-15-10(18-11)6-3-2-4-19-6/h2-5,13H,1H3/p+1. The van der Waals surface area contributed by atoms with E-state index in [4.69, 9.17) is 10.2 Å². The molecule has 0 amide bonds. The summed E-state index contributed by atoms with van der Waals surface area (Å²) in [5.41, 5.74) is 6.43. The van der Waals surface area contributed by atoms with Crippen molar-refractivity contribution in [1.82, 2.24) is 15.2 Å². The van der Waals surface area contributed by atoms with E-state index in [1.807, 2.05) is 24.6 Å². The summed E-state index contributed by atoms with van der Waals surface area (Å²) in [6, 6.07) is 3.84. The molecule has 0 atom stereocenters. The minimum Gasteiger partial charge on any atom is -0.413 e. The first-order valence-electron chi connectivity index (χ1n) is 5.34. The molecule has 0 saturated heterocycles. The third-order valence-electron chi connectivity index (χ3n) is 2.50. The van der Waals surface area contributed by atoms with Crippen LogP contribution in [0.3, 0.4) is 0 Å². The highest BCUT2D eigenvalue weighted by Gasteiger charge is 2.20. The van der Waals surface area contributed by atoms with Crippen LogP contribution in [0.25, 0.3) is 22.4 Å². The predicted molar refractivity (Wildman–Crippen MR) is 74.1 cm³/mol. The Labute approximate surface area is 121 Å². The fraction of sp³-hybridized carbons (Fsp3) is 0.0909. The maximum absolute atomic E-state index is 5.97. The zero-order valence-corrected chi connectivity index (χ0v) is 12.3. The minimum absolute atomic E-state index is 0.304. The number of halogens is 1. The summed E-state index contributed by atoms with van der Waals surface area (Å²) in [5, 5.41) is 9.96. The molecule has 0 spiro atoms. The molecule has 3 aromatic rings. The average Bonchev–Trinajstić information content (AvgIpc) is 3.03. The quantitative estimate of drug-likeness (QED) is 0.723. The van der Waals surface area contributed by atoms with Crippen molar-refractivity contribution in [1.29, 1.82) is 0 Å². The van der Waals surface area contributed by atoms with E-state index < -0.39 is 0 Å². The number of thiophene rings is 1. The summed E-state index contributed by atoms with van der Waals surface area (Å²) in [7, 11) is 1.82. The third-order valence-corrected chi connectivity index (χ3v) is 3.74. The molecule has 0 aliphatic carbocycles. The zero-order chi connectivity index (χ0) is 13.4. The van der Waals surface area contributed by atoms with Gasteiger partial charge in [0.15, 0.2) is 0 Å². The van der Waals surface area contributed by atoms with E-state index in [-0.39, 0.29) is 0 Å². The molecule has 0 bridgehead atoms. The number of nitrogen functional groups attached to an aromatic ring is 1. The normalized spacial score (nSPS) is 10.8. The van der Waals surface area contributed by atoms with Crippen LogP contribution in [0.1, 0.15) is 0 Å². The number of anilines is 1. The van der Waals surface area contributed by atoms with E-state index in [1.54, 1.807) is 10.8 Å². The molecule has 6 nitrogen and oxygen atoms in total. The highest BCUT2D eigenvalue weighted by molar-refractivity contribution is 9.10. The Morgan fingerprint density at radius 3 is 2.89 bits per heavy atom. The molecule has 0 aliphatic heterocycles. The van der Waals surface area contributed by atoms with Crippen molar-refractivity contribution in [3.05, 3.63) is 28.3 Å². The second kappa shape index (κ2) is 4.71. The molecule has 0 aliphatic rings. The number of rotatable bonds is 2. The lowest BCUT2D eigenvalue weighted by Crippen LogP contribution is -2.33. The lowest BCUT2D eigenvalue weighted by Gasteiger charge is -2.00. The highest BCUT2D eigenvalue weighted by Crippen LogP contribution is 2.27. The van der Waals surface area contributed by atoms with Crippen LogP contribution in [-0.2, 0) is 7.05 Å². The van der Waals surface area contributed by atoms with Crippen molar-refractivity contribution in [3.63, 3.8) is 0 Å². The van der Waals surface area contributed by atoms with Gasteiger partial charge in [-0.2, -0.15) is 0 Å². The maximum atomic E-state index is 5.97. The van der Waals surface area contributed by atoms with E-state index >= 15 is 0 Å². The van der Waals surface area contributed by atoms with Crippen LogP contribution >= 0.6 is 27.3 Å². The number of nitrogens with zero attached hydrogens (tertiary/aromatic N) is 4. The first kappa shape index (κ1) is 12.2. The van der Waals surface area contributed by atoms with Crippen LogP contribution in [0.2, 0.25) is 0 Å². The van der Waals surface area contributed by atoms with Crippen molar-refractivity contribution >= 4 is 33.1 Å². The molecule has 8 heteroatoms. The average molecular weight is 339 g/mol.